The fourth-order valence-electron chi connectivity index (χ4n) is 4.46. The highest BCUT2D eigenvalue weighted by Gasteiger charge is 2.40. The fraction of sp³-hybridized carbons (Fsp3) is 0.360. The molecule has 3 aromatic rings. The molecule has 0 saturated carbocycles. The molecule has 1 saturated heterocycles. The monoisotopic (exact) mass is 502 g/mol. The first-order valence-electron chi connectivity index (χ1n) is 11.4. The number of amides is 1. The molecule has 2 N–H and O–H groups in total. The lowest BCUT2D eigenvalue weighted by Gasteiger charge is -2.37. The normalized spacial score (nSPS) is 20.9. The Morgan fingerprint density at radius 3 is 2.54 bits per heavy atom. The number of hydrogen-bond acceptors (Lipinski definition) is 4. The smallest absolute Gasteiger partial charge is 0.272 e. The molecule has 1 aromatic heterocycles. The topological polar surface area (TPSA) is 95.2 Å². The van der Waals surface area contributed by atoms with Gasteiger partial charge in [0.25, 0.3) is 5.91 Å². The Labute approximate surface area is 203 Å². The fourth-order valence-corrected chi connectivity index (χ4v) is 6.65. The van der Waals surface area contributed by atoms with Gasteiger partial charge in [0.05, 0.1) is 6.04 Å². The average Bonchev–Trinajstić information content (AvgIpc) is 3.25. The van der Waals surface area contributed by atoms with E-state index in [-0.39, 0.29) is 29.4 Å². The number of aryl methyl sites for hydroxylation is 1. The molecule has 0 aliphatic carbocycles. The van der Waals surface area contributed by atoms with Crippen molar-refractivity contribution < 1.29 is 22.0 Å². The van der Waals surface area contributed by atoms with Crippen molar-refractivity contribution in [3.05, 3.63) is 88.2 Å². The van der Waals surface area contributed by atoms with Crippen molar-refractivity contribution >= 4 is 15.9 Å². The maximum absolute atomic E-state index is 15.1. The third kappa shape index (κ3) is 5.13. The molecule has 1 fully saturated rings. The standard InChI is InChI=1S/C25H28F2N4O3S/c1-15-11-23(30-29-15)25(32)28-17(3)20-13-21(26)19(12-22(20)27)14-31-16(2)9-10-24(35(31,33)34)18-7-5-4-6-8-18/h4-8,11-13,16-17,24H,9-10,14H2,1-3H3,(H,28,32)(H,29,30)/t16-,17?,24+/m0/s1. The van der Waals surface area contributed by atoms with Crippen LogP contribution in [0.1, 0.15) is 70.9 Å². The Kier molecular flexibility index (Phi) is 7.05. The van der Waals surface area contributed by atoms with E-state index in [0.29, 0.717) is 24.1 Å². The Morgan fingerprint density at radius 1 is 1.17 bits per heavy atom. The average molecular weight is 503 g/mol. The van der Waals surface area contributed by atoms with Crippen LogP contribution in [0.3, 0.4) is 0 Å². The summed E-state index contributed by atoms with van der Waals surface area (Å²) in [5.74, 6) is -1.98. The van der Waals surface area contributed by atoms with E-state index in [4.69, 9.17) is 0 Å². The van der Waals surface area contributed by atoms with Crippen molar-refractivity contribution in [2.45, 2.75) is 57.5 Å². The molecule has 1 unspecified atom stereocenters. The molecule has 0 spiro atoms. The lowest BCUT2D eigenvalue weighted by molar-refractivity contribution is 0.0934. The molecule has 186 valence electrons. The van der Waals surface area contributed by atoms with Crippen LogP contribution in [-0.4, -0.2) is 34.9 Å². The van der Waals surface area contributed by atoms with Crippen molar-refractivity contribution in [1.82, 2.24) is 19.8 Å². The number of carbonyl (C=O) groups excluding carboxylic acids is 1. The zero-order chi connectivity index (χ0) is 25.3. The number of nitrogens with zero attached hydrogens (tertiary/aromatic N) is 2. The van der Waals surface area contributed by atoms with E-state index in [1.165, 1.54) is 11.2 Å². The summed E-state index contributed by atoms with van der Waals surface area (Å²) in [6.07, 6.45) is 1.07. The minimum atomic E-state index is -3.79. The molecule has 4 rings (SSSR count). The van der Waals surface area contributed by atoms with Crippen molar-refractivity contribution in [2.24, 2.45) is 0 Å². The first kappa shape index (κ1) is 25.0. The van der Waals surface area contributed by atoms with Crippen LogP contribution in [0.5, 0.6) is 0 Å². The summed E-state index contributed by atoms with van der Waals surface area (Å²) in [5.41, 5.74) is 1.42. The molecule has 0 radical (unpaired) electrons. The summed E-state index contributed by atoms with van der Waals surface area (Å²) in [6.45, 7) is 4.78. The Hall–Kier alpha value is -3.11. The second-order valence-electron chi connectivity index (χ2n) is 9.01. The van der Waals surface area contributed by atoms with Gasteiger partial charge in [0.2, 0.25) is 10.0 Å². The maximum atomic E-state index is 15.1. The molecule has 35 heavy (non-hydrogen) atoms. The number of rotatable bonds is 6. The Balaban J connectivity index is 1.55. The van der Waals surface area contributed by atoms with Crippen molar-refractivity contribution in [2.75, 3.05) is 0 Å². The first-order valence-corrected chi connectivity index (χ1v) is 12.9. The van der Waals surface area contributed by atoms with Crippen LogP contribution in [-0.2, 0) is 16.6 Å². The highest BCUT2D eigenvalue weighted by atomic mass is 32.2. The zero-order valence-corrected chi connectivity index (χ0v) is 20.6. The van der Waals surface area contributed by atoms with Gasteiger partial charge in [0.1, 0.15) is 22.6 Å². The quantitative estimate of drug-likeness (QED) is 0.517. The van der Waals surface area contributed by atoms with Crippen LogP contribution in [0, 0.1) is 18.6 Å². The van der Waals surface area contributed by atoms with Crippen molar-refractivity contribution in [3.63, 3.8) is 0 Å². The van der Waals surface area contributed by atoms with Gasteiger partial charge in [0, 0.05) is 29.4 Å². The molecule has 10 heteroatoms. The molecule has 2 heterocycles. The number of H-pyrrole nitrogens is 1. The van der Waals surface area contributed by atoms with E-state index in [1.807, 2.05) is 6.07 Å². The SMILES string of the molecule is Cc1cc(C(=O)NC(C)c2cc(F)c(CN3[C@@H](C)CC[C@H](c4ccccc4)S3(=O)=O)cc2F)n[nH]1. The summed E-state index contributed by atoms with van der Waals surface area (Å²) in [5, 5.41) is 8.39. The van der Waals surface area contributed by atoms with Gasteiger partial charge in [-0.05, 0) is 57.4 Å². The van der Waals surface area contributed by atoms with E-state index in [9.17, 15) is 13.2 Å². The molecule has 1 aliphatic rings. The lowest BCUT2D eigenvalue weighted by atomic mass is 10.0. The predicted octanol–water partition coefficient (Wildman–Crippen LogP) is 4.54. The summed E-state index contributed by atoms with van der Waals surface area (Å²) < 4.78 is 58.2. The molecular weight excluding hydrogens is 474 g/mol. The van der Waals surface area contributed by atoms with E-state index in [2.05, 4.69) is 15.5 Å². The summed E-state index contributed by atoms with van der Waals surface area (Å²) in [7, 11) is -3.79. The molecule has 7 nitrogen and oxygen atoms in total. The van der Waals surface area contributed by atoms with Gasteiger partial charge in [-0.3, -0.25) is 9.89 Å². The van der Waals surface area contributed by atoms with Gasteiger partial charge in [0.15, 0.2) is 0 Å². The number of sulfonamides is 1. The number of nitrogens with one attached hydrogen (secondary N) is 2. The van der Waals surface area contributed by atoms with Crippen molar-refractivity contribution in [1.29, 1.82) is 0 Å². The van der Waals surface area contributed by atoms with Crippen LogP contribution in [0.15, 0.2) is 48.5 Å². The Morgan fingerprint density at radius 2 is 1.89 bits per heavy atom. The van der Waals surface area contributed by atoms with Gasteiger partial charge >= 0.3 is 0 Å². The number of carbonyl (C=O) groups is 1. The first-order chi connectivity index (χ1) is 16.6. The van der Waals surface area contributed by atoms with Crippen molar-refractivity contribution in [3.8, 4) is 0 Å². The summed E-state index contributed by atoms with van der Waals surface area (Å²) >= 11 is 0. The molecule has 2 aromatic carbocycles. The molecule has 1 aliphatic heterocycles. The van der Waals surface area contributed by atoms with Gasteiger partial charge in [-0.15, -0.1) is 0 Å². The van der Waals surface area contributed by atoms with Gasteiger partial charge in [-0.2, -0.15) is 9.40 Å². The third-order valence-corrected chi connectivity index (χ3v) is 8.81. The van der Waals surface area contributed by atoms with E-state index in [0.717, 1.165) is 12.1 Å². The summed E-state index contributed by atoms with van der Waals surface area (Å²) in [4.78, 5) is 12.3. The highest BCUT2D eigenvalue weighted by molar-refractivity contribution is 7.89. The van der Waals surface area contributed by atoms with Gasteiger partial charge in [-0.1, -0.05) is 30.3 Å². The zero-order valence-electron chi connectivity index (χ0n) is 19.8. The predicted molar refractivity (Wildman–Crippen MR) is 128 cm³/mol. The molecule has 0 bridgehead atoms. The Bertz CT molecular complexity index is 1330. The van der Waals surface area contributed by atoms with Crippen LogP contribution in [0.2, 0.25) is 0 Å². The molecule has 1 amide bonds. The molecular formula is C25H28F2N4O3S. The highest BCUT2D eigenvalue weighted by Crippen LogP contribution is 2.38. The number of aromatic amines is 1. The van der Waals surface area contributed by atoms with Crippen LogP contribution >= 0.6 is 0 Å². The largest absolute Gasteiger partial charge is 0.344 e. The number of hydrogen-bond donors (Lipinski definition) is 2. The molecule has 3 atom stereocenters. The van der Waals surface area contributed by atoms with E-state index in [1.54, 1.807) is 44.2 Å². The van der Waals surface area contributed by atoms with E-state index >= 15 is 8.78 Å². The van der Waals surface area contributed by atoms with Gasteiger partial charge < -0.3 is 5.32 Å². The van der Waals surface area contributed by atoms with E-state index < -0.39 is 38.9 Å². The second-order valence-corrected chi connectivity index (χ2v) is 11.1. The summed E-state index contributed by atoms with van der Waals surface area (Å²) in [6, 6.07) is 11.3. The number of aromatic nitrogens is 2. The maximum Gasteiger partial charge on any atom is 0.272 e. The minimum Gasteiger partial charge on any atom is -0.344 e. The van der Waals surface area contributed by atoms with Gasteiger partial charge in [-0.25, -0.2) is 17.2 Å². The third-order valence-electron chi connectivity index (χ3n) is 6.44. The minimum absolute atomic E-state index is 0.0384. The van der Waals surface area contributed by atoms with Crippen LogP contribution < -0.4 is 5.32 Å². The lowest BCUT2D eigenvalue weighted by Crippen LogP contribution is -2.44. The number of halogens is 2. The van der Waals surface area contributed by atoms with Crippen LogP contribution in [0.25, 0.3) is 0 Å². The second kappa shape index (κ2) is 9.87. The number of benzene rings is 2. The van der Waals surface area contributed by atoms with Crippen LogP contribution in [0.4, 0.5) is 8.78 Å².